The number of aliphatic hydroxyl groups excluding tert-OH is 1. The van der Waals surface area contributed by atoms with Crippen molar-refractivity contribution in [3.8, 4) is 5.75 Å². The van der Waals surface area contributed by atoms with E-state index in [-0.39, 0.29) is 48.3 Å². The molecule has 176 valence electrons. The molecule has 0 amide bonds. The molecule has 1 aliphatic heterocycles. The Morgan fingerprint density at radius 1 is 1.18 bits per heavy atom. The van der Waals surface area contributed by atoms with Crippen molar-refractivity contribution >= 4 is 39.2 Å². The molecule has 2 bridgehead atoms. The predicted octanol–water partition coefficient (Wildman–Crippen LogP) is 5.60. The van der Waals surface area contributed by atoms with Crippen LogP contribution in [0.25, 0.3) is 5.76 Å². The van der Waals surface area contributed by atoms with E-state index in [0.717, 1.165) is 10.0 Å². The minimum Gasteiger partial charge on any atom is -0.506 e. The number of ether oxygens (including phenoxy) is 2. The van der Waals surface area contributed by atoms with Gasteiger partial charge >= 0.3 is 5.97 Å². The zero-order chi connectivity index (χ0) is 24.4. The Kier molecular flexibility index (Phi) is 7.03. The number of aliphatic hydroxyl groups is 1. The van der Waals surface area contributed by atoms with Crippen LogP contribution >= 0.6 is 15.9 Å². The van der Waals surface area contributed by atoms with Gasteiger partial charge in [-0.2, -0.15) is 0 Å². The van der Waals surface area contributed by atoms with Crippen molar-refractivity contribution in [1.29, 1.82) is 0 Å². The molecule has 4 rings (SSSR count). The van der Waals surface area contributed by atoms with Gasteiger partial charge in [0.25, 0.3) is 0 Å². The van der Waals surface area contributed by atoms with Gasteiger partial charge in [0.05, 0.1) is 11.1 Å². The highest BCUT2D eigenvalue weighted by Crippen LogP contribution is 2.38. The molecule has 1 N–H and O–H groups in total. The smallest absolute Gasteiger partial charge is 0.338 e. The highest BCUT2D eigenvalue weighted by molar-refractivity contribution is 9.10. The molecule has 6 nitrogen and oxygen atoms in total. The lowest BCUT2D eigenvalue weighted by atomic mass is 9.73. The lowest BCUT2D eigenvalue weighted by Gasteiger charge is -2.28. The second-order valence-electron chi connectivity index (χ2n) is 8.75. The number of halogens is 1. The molecule has 0 radical (unpaired) electrons. The maximum absolute atomic E-state index is 13.3. The summed E-state index contributed by atoms with van der Waals surface area (Å²) in [5, 5.41) is 11.3. The summed E-state index contributed by atoms with van der Waals surface area (Å²) < 4.78 is 12.3. The standard InChI is InChI=1S/C27H25BrO6/c1-15-6-11-20-16(2)12-21(29)24(25(20)30)26(31)23-18(4-3-5-22(23)33-13-15)14-34-27(32)17-7-9-19(28)10-8-17/h3-10,16,20,31H,11-14H2,1-2H3/b15-6-,26-24-/t16-,20+/m1/s1. The molecular weight excluding hydrogens is 500 g/mol. The van der Waals surface area contributed by atoms with Gasteiger partial charge in [0.2, 0.25) is 0 Å². The number of carbonyl (C=O) groups excluding carboxylic acids is 3. The van der Waals surface area contributed by atoms with Crippen LogP contribution < -0.4 is 4.74 Å². The summed E-state index contributed by atoms with van der Waals surface area (Å²) in [6, 6.07) is 11.8. The minimum atomic E-state index is -0.535. The minimum absolute atomic E-state index is 0.121. The monoisotopic (exact) mass is 524 g/mol. The van der Waals surface area contributed by atoms with Crippen LogP contribution in [0.4, 0.5) is 0 Å². The predicted molar refractivity (Wildman–Crippen MR) is 130 cm³/mol. The van der Waals surface area contributed by atoms with Gasteiger partial charge < -0.3 is 14.6 Å². The zero-order valence-electron chi connectivity index (χ0n) is 19.0. The van der Waals surface area contributed by atoms with E-state index in [1.807, 2.05) is 19.9 Å². The van der Waals surface area contributed by atoms with Gasteiger partial charge in [-0.15, -0.1) is 0 Å². The molecule has 0 unspecified atom stereocenters. The molecule has 2 atom stereocenters. The third-order valence-electron chi connectivity index (χ3n) is 6.26. The molecule has 0 saturated heterocycles. The van der Waals surface area contributed by atoms with Crippen molar-refractivity contribution in [3.63, 3.8) is 0 Å². The van der Waals surface area contributed by atoms with Crippen molar-refractivity contribution in [1.82, 2.24) is 0 Å². The van der Waals surface area contributed by atoms with E-state index in [0.29, 0.717) is 23.3 Å². The number of benzene rings is 2. The fraction of sp³-hybridized carbons (Fsp3) is 0.296. The van der Waals surface area contributed by atoms with Crippen molar-refractivity contribution < 1.29 is 29.0 Å². The maximum Gasteiger partial charge on any atom is 0.338 e. The van der Waals surface area contributed by atoms with Gasteiger partial charge in [-0.25, -0.2) is 4.79 Å². The van der Waals surface area contributed by atoms with Crippen LogP contribution in [-0.4, -0.2) is 29.2 Å². The number of fused-ring (bicyclic) bond motifs is 3. The summed E-state index contributed by atoms with van der Waals surface area (Å²) in [5.74, 6) is -1.91. The van der Waals surface area contributed by atoms with Crippen LogP contribution in [0.15, 0.2) is 64.2 Å². The molecular formula is C27H25BrO6. The first-order valence-electron chi connectivity index (χ1n) is 11.1. The SMILES string of the molecule is C/C1=C/C[C@@H]2C(=O)/C(=C(\O)c3c(COC(=O)c4ccc(Br)cc4)cccc3OC1)C(=O)C[C@H]2C. The molecule has 2 aromatic carbocycles. The summed E-state index contributed by atoms with van der Waals surface area (Å²) in [7, 11) is 0. The molecule has 0 spiro atoms. The molecule has 1 aliphatic carbocycles. The van der Waals surface area contributed by atoms with E-state index in [4.69, 9.17) is 9.47 Å². The molecule has 34 heavy (non-hydrogen) atoms. The summed E-state index contributed by atoms with van der Waals surface area (Å²) in [6.07, 6.45) is 2.62. The third-order valence-corrected chi connectivity index (χ3v) is 6.79. The number of esters is 1. The van der Waals surface area contributed by atoms with Crippen LogP contribution in [0.3, 0.4) is 0 Å². The van der Waals surface area contributed by atoms with Crippen molar-refractivity contribution in [2.75, 3.05) is 6.61 Å². The maximum atomic E-state index is 13.3. The van der Waals surface area contributed by atoms with E-state index in [9.17, 15) is 19.5 Å². The number of hydrogen-bond acceptors (Lipinski definition) is 6. The van der Waals surface area contributed by atoms with Crippen LogP contribution in [0.5, 0.6) is 5.75 Å². The van der Waals surface area contributed by atoms with Gasteiger partial charge in [0.1, 0.15) is 30.3 Å². The van der Waals surface area contributed by atoms with Crippen LogP contribution in [-0.2, 0) is 20.9 Å². The molecule has 1 heterocycles. The summed E-state index contributed by atoms with van der Waals surface area (Å²) in [4.78, 5) is 38.7. The number of rotatable bonds is 3. The van der Waals surface area contributed by atoms with Gasteiger partial charge in [0.15, 0.2) is 11.6 Å². The zero-order valence-corrected chi connectivity index (χ0v) is 20.6. The number of hydrogen-bond donors (Lipinski definition) is 1. The summed E-state index contributed by atoms with van der Waals surface area (Å²) in [6.45, 7) is 3.89. The van der Waals surface area contributed by atoms with Gasteiger partial charge in [-0.1, -0.05) is 41.1 Å². The molecule has 0 aromatic heterocycles. The Labute approximate surface area is 206 Å². The normalized spacial score (nSPS) is 24.3. The fourth-order valence-corrected chi connectivity index (χ4v) is 4.57. The van der Waals surface area contributed by atoms with E-state index < -0.39 is 17.6 Å². The van der Waals surface area contributed by atoms with Crippen molar-refractivity contribution in [2.45, 2.75) is 33.3 Å². The average molecular weight is 525 g/mol. The van der Waals surface area contributed by atoms with Crippen molar-refractivity contribution in [2.24, 2.45) is 11.8 Å². The van der Waals surface area contributed by atoms with Crippen LogP contribution in [0.1, 0.15) is 48.2 Å². The van der Waals surface area contributed by atoms with Gasteiger partial charge in [-0.05, 0) is 55.2 Å². The Morgan fingerprint density at radius 3 is 2.65 bits per heavy atom. The fourth-order valence-electron chi connectivity index (χ4n) is 4.31. The largest absolute Gasteiger partial charge is 0.506 e. The first kappa shape index (κ1) is 24.0. The topological polar surface area (TPSA) is 89.9 Å². The van der Waals surface area contributed by atoms with E-state index in [1.54, 1.807) is 42.5 Å². The average Bonchev–Trinajstić information content (AvgIpc) is 2.81. The lowest BCUT2D eigenvalue weighted by Crippen LogP contribution is -2.35. The number of allylic oxidation sites excluding steroid dienone is 2. The number of carbonyl (C=O) groups is 3. The molecule has 1 fully saturated rings. The summed E-state index contributed by atoms with van der Waals surface area (Å²) in [5.41, 5.74) is 1.75. The first-order valence-corrected chi connectivity index (χ1v) is 11.9. The summed E-state index contributed by atoms with van der Waals surface area (Å²) >= 11 is 3.33. The molecule has 7 heteroatoms. The molecule has 2 aliphatic rings. The van der Waals surface area contributed by atoms with E-state index in [1.165, 1.54) is 0 Å². The lowest BCUT2D eigenvalue weighted by molar-refractivity contribution is -0.128. The van der Waals surface area contributed by atoms with E-state index in [2.05, 4.69) is 15.9 Å². The third kappa shape index (κ3) is 4.85. The molecule has 2 aromatic rings. The Hall–Kier alpha value is -3.19. The highest BCUT2D eigenvalue weighted by Gasteiger charge is 2.40. The number of Topliss-reactive ketones (excluding diaryl/α,β-unsaturated/α-hetero) is 2. The highest BCUT2D eigenvalue weighted by atomic mass is 79.9. The first-order chi connectivity index (χ1) is 16.3. The number of ketones is 2. The van der Waals surface area contributed by atoms with Gasteiger partial charge in [-0.3, -0.25) is 9.59 Å². The Morgan fingerprint density at radius 2 is 1.91 bits per heavy atom. The van der Waals surface area contributed by atoms with E-state index >= 15 is 0 Å². The quantitative estimate of drug-likeness (QED) is 0.319. The molecule has 1 saturated carbocycles. The Balaban J connectivity index is 1.75. The second-order valence-corrected chi connectivity index (χ2v) is 9.66. The van der Waals surface area contributed by atoms with Gasteiger partial charge in [0, 0.05) is 22.4 Å². The van der Waals surface area contributed by atoms with Crippen LogP contribution in [0.2, 0.25) is 0 Å². The van der Waals surface area contributed by atoms with Crippen LogP contribution in [0, 0.1) is 11.8 Å². The van der Waals surface area contributed by atoms with Crippen molar-refractivity contribution in [3.05, 3.63) is 80.8 Å². The Bertz CT molecular complexity index is 1210. The second kappa shape index (κ2) is 9.97.